The first-order valence-corrected chi connectivity index (χ1v) is 7.49. The van der Waals surface area contributed by atoms with Crippen molar-refractivity contribution in [1.29, 1.82) is 0 Å². The lowest BCUT2D eigenvalue weighted by Crippen LogP contribution is -2.32. The van der Waals surface area contributed by atoms with Crippen LogP contribution in [0.5, 0.6) is 0 Å². The molecule has 0 aliphatic heterocycles. The zero-order valence-electron chi connectivity index (χ0n) is 9.82. The molecule has 1 aromatic heterocycles. The third-order valence-electron chi connectivity index (χ3n) is 2.71. The number of ether oxygens (including phenoxy) is 1. The van der Waals surface area contributed by atoms with Crippen LogP contribution in [0.15, 0.2) is 15.2 Å². The Hall–Kier alpha value is -0.390. The summed E-state index contributed by atoms with van der Waals surface area (Å²) in [6, 6.07) is 2.68. The molecule has 17 heavy (non-hydrogen) atoms. The van der Waals surface area contributed by atoms with Gasteiger partial charge in [-0.3, -0.25) is 9.69 Å². The zero-order valence-corrected chi connectivity index (χ0v) is 12.2. The lowest BCUT2D eigenvalue weighted by molar-refractivity contribution is -0.144. The van der Waals surface area contributed by atoms with Crippen LogP contribution in [0.25, 0.3) is 0 Å². The summed E-state index contributed by atoms with van der Waals surface area (Å²) >= 11 is 5.14. The largest absolute Gasteiger partial charge is 0.465 e. The number of rotatable bonds is 6. The molecule has 1 aliphatic carbocycles. The van der Waals surface area contributed by atoms with Crippen molar-refractivity contribution in [3.8, 4) is 0 Å². The maximum Gasteiger partial charge on any atom is 0.320 e. The first-order chi connectivity index (χ1) is 8.19. The van der Waals surface area contributed by atoms with Gasteiger partial charge in [-0.25, -0.2) is 0 Å². The van der Waals surface area contributed by atoms with E-state index in [0.717, 1.165) is 10.3 Å². The van der Waals surface area contributed by atoms with Crippen molar-refractivity contribution >= 4 is 33.2 Å². The Morgan fingerprint density at radius 3 is 2.94 bits per heavy atom. The van der Waals surface area contributed by atoms with Gasteiger partial charge in [-0.15, -0.1) is 11.3 Å². The van der Waals surface area contributed by atoms with E-state index in [1.165, 1.54) is 18.4 Å². The highest BCUT2D eigenvalue weighted by atomic mass is 79.9. The molecule has 0 atom stereocenters. The second-order valence-electron chi connectivity index (χ2n) is 4.20. The van der Waals surface area contributed by atoms with E-state index in [1.807, 2.05) is 6.92 Å². The third kappa shape index (κ3) is 4.08. The quantitative estimate of drug-likeness (QED) is 0.755. The molecule has 2 rings (SSSR count). The normalized spacial score (nSPS) is 15.2. The van der Waals surface area contributed by atoms with E-state index >= 15 is 0 Å². The average molecular weight is 318 g/mol. The molecule has 0 amide bonds. The zero-order chi connectivity index (χ0) is 12.3. The van der Waals surface area contributed by atoms with Crippen LogP contribution in [0.4, 0.5) is 0 Å². The van der Waals surface area contributed by atoms with E-state index in [1.54, 1.807) is 11.3 Å². The van der Waals surface area contributed by atoms with Crippen molar-refractivity contribution in [3.63, 3.8) is 0 Å². The number of hydrogen-bond donors (Lipinski definition) is 0. The molecular weight excluding hydrogens is 302 g/mol. The minimum Gasteiger partial charge on any atom is -0.465 e. The summed E-state index contributed by atoms with van der Waals surface area (Å²) < 4.78 is 6.14. The van der Waals surface area contributed by atoms with Gasteiger partial charge in [-0.1, -0.05) is 0 Å². The summed E-state index contributed by atoms with van der Waals surface area (Å²) in [7, 11) is 0. The molecule has 1 fully saturated rings. The number of hydrogen-bond acceptors (Lipinski definition) is 4. The fourth-order valence-corrected chi connectivity index (χ4v) is 2.99. The van der Waals surface area contributed by atoms with Crippen LogP contribution in [0.3, 0.4) is 0 Å². The average Bonchev–Trinajstić information content (AvgIpc) is 3.03. The molecule has 1 aromatic rings. The Morgan fingerprint density at radius 1 is 1.65 bits per heavy atom. The molecule has 0 N–H and O–H groups in total. The second kappa shape index (κ2) is 5.98. The third-order valence-corrected chi connectivity index (χ3v) is 4.26. The maximum atomic E-state index is 11.5. The van der Waals surface area contributed by atoms with Crippen molar-refractivity contribution in [2.75, 3.05) is 13.2 Å². The lowest BCUT2D eigenvalue weighted by Gasteiger charge is -2.20. The number of carbonyl (C=O) groups is 1. The van der Waals surface area contributed by atoms with Gasteiger partial charge in [0, 0.05) is 12.6 Å². The van der Waals surface area contributed by atoms with Crippen LogP contribution in [-0.2, 0) is 16.1 Å². The first-order valence-electron chi connectivity index (χ1n) is 5.81. The Morgan fingerprint density at radius 2 is 2.41 bits per heavy atom. The summed E-state index contributed by atoms with van der Waals surface area (Å²) in [5, 5.41) is 2.13. The van der Waals surface area contributed by atoms with E-state index in [4.69, 9.17) is 4.74 Å². The van der Waals surface area contributed by atoms with Gasteiger partial charge in [-0.05, 0) is 52.7 Å². The van der Waals surface area contributed by atoms with Crippen molar-refractivity contribution in [3.05, 3.63) is 20.8 Å². The Bertz CT molecular complexity index is 390. The molecule has 0 unspecified atom stereocenters. The van der Waals surface area contributed by atoms with E-state index in [0.29, 0.717) is 19.2 Å². The van der Waals surface area contributed by atoms with Crippen LogP contribution >= 0.6 is 27.3 Å². The maximum absolute atomic E-state index is 11.5. The van der Waals surface area contributed by atoms with E-state index in [2.05, 4.69) is 32.3 Å². The van der Waals surface area contributed by atoms with Crippen LogP contribution in [0, 0.1) is 0 Å². The molecule has 0 spiro atoms. The number of thiophene rings is 1. The fourth-order valence-electron chi connectivity index (χ4n) is 1.79. The van der Waals surface area contributed by atoms with Gasteiger partial charge in [0.15, 0.2) is 0 Å². The first kappa shape index (κ1) is 13.1. The van der Waals surface area contributed by atoms with E-state index < -0.39 is 0 Å². The Balaban J connectivity index is 1.91. The summed E-state index contributed by atoms with van der Waals surface area (Å²) in [5.74, 6) is -0.117. The molecule has 1 aliphatic rings. The van der Waals surface area contributed by atoms with Crippen molar-refractivity contribution in [2.24, 2.45) is 0 Å². The van der Waals surface area contributed by atoms with Crippen LogP contribution in [-0.4, -0.2) is 30.1 Å². The molecule has 1 heterocycles. The topological polar surface area (TPSA) is 29.5 Å². The number of nitrogens with zero attached hydrogens (tertiary/aromatic N) is 1. The smallest absolute Gasteiger partial charge is 0.320 e. The molecule has 5 heteroatoms. The molecule has 0 radical (unpaired) electrons. The lowest BCUT2D eigenvalue weighted by atomic mass is 10.3. The Kier molecular flexibility index (Phi) is 4.59. The van der Waals surface area contributed by atoms with Gasteiger partial charge in [0.1, 0.15) is 0 Å². The highest BCUT2D eigenvalue weighted by Crippen LogP contribution is 2.29. The van der Waals surface area contributed by atoms with Gasteiger partial charge in [-0.2, -0.15) is 0 Å². The summed E-state index contributed by atoms with van der Waals surface area (Å²) in [6.45, 7) is 3.55. The molecule has 0 saturated heterocycles. The standard InChI is InChI=1S/C12H16BrNO2S/c1-2-16-12(15)7-14(10-3-4-10)6-9-5-11(13)17-8-9/h5,8,10H,2-4,6-7H2,1H3. The van der Waals surface area contributed by atoms with Gasteiger partial charge < -0.3 is 4.74 Å². The SMILES string of the molecule is CCOC(=O)CN(Cc1csc(Br)c1)C1CC1. The van der Waals surface area contributed by atoms with Crippen molar-refractivity contribution in [2.45, 2.75) is 32.4 Å². The van der Waals surface area contributed by atoms with Crippen LogP contribution < -0.4 is 0 Å². The highest BCUT2D eigenvalue weighted by Gasteiger charge is 2.30. The van der Waals surface area contributed by atoms with Crippen molar-refractivity contribution in [1.82, 2.24) is 4.90 Å². The minimum atomic E-state index is -0.117. The van der Waals surface area contributed by atoms with Gasteiger partial charge in [0.05, 0.1) is 16.9 Å². The van der Waals surface area contributed by atoms with E-state index in [-0.39, 0.29) is 5.97 Å². The van der Waals surface area contributed by atoms with Gasteiger partial charge in [0.25, 0.3) is 0 Å². The predicted octanol–water partition coefficient (Wildman–Crippen LogP) is 3.04. The molecule has 94 valence electrons. The number of esters is 1. The van der Waals surface area contributed by atoms with Gasteiger partial charge in [0.2, 0.25) is 0 Å². The monoisotopic (exact) mass is 317 g/mol. The molecular formula is C12H16BrNO2S. The summed E-state index contributed by atoms with van der Waals surface area (Å²) in [5.41, 5.74) is 1.26. The second-order valence-corrected chi connectivity index (χ2v) is 6.49. The molecule has 3 nitrogen and oxygen atoms in total. The predicted molar refractivity (Wildman–Crippen MR) is 72.1 cm³/mol. The molecule has 0 bridgehead atoms. The fraction of sp³-hybridized carbons (Fsp3) is 0.583. The van der Waals surface area contributed by atoms with Crippen LogP contribution in [0.1, 0.15) is 25.3 Å². The summed E-state index contributed by atoms with van der Waals surface area (Å²) in [4.78, 5) is 13.7. The molecule has 1 saturated carbocycles. The molecule has 0 aromatic carbocycles. The van der Waals surface area contributed by atoms with Crippen LogP contribution in [0.2, 0.25) is 0 Å². The van der Waals surface area contributed by atoms with E-state index in [9.17, 15) is 4.79 Å². The minimum absolute atomic E-state index is 0.117. The highest BCUT2D eigenvalue weighted by molar-refractivity contribution is 9.11. The number of carbonyl (C=O) groups excluding carboxylic acids is 1. The van der Waals surface area contributed by atoms with Gasteiger partial charge >= 0.3 is 5.97 Å². The summed E-state index contributed by atoms with van der Waals surface area (Å²) in [6.07, 6.45) is 2.40. The van der Waals surface area contributed by atoms with Crippen molar-refractivity contribution < 1.29 is 9.53 Å². The Labute approximate surface area is 114 Å². The number of halogens is 1.